The summed E-state index contributed by atoms with van der Waals surface area (Å²) in [6, 6.07) is 8.21. The first-order valence-electron chi connectivity index (χ1n) is 9.70. The lowest BCUT2D eigenvalue weighted by molar-refractivity contribution is -0.00138. The molecule has 4 heterocycles. The number of hydrogen-bond acceptors (Lipinski definition) is 4. The number of nitrogens with zero attached hydrogens (tertiary/aromatic N) is 1. The molecule has 2 bridgehead atoms. The second-order valence-electron chi connectivity index (χ2n) is 8.77. The number of carbonyl (C=O) groups excluding carboxylic acids is 1. The molecule has 5 heteroatoms. The van der Waals surface area contributed by atoms with Gasteiger partial charge >= 0.3 is 0 Å². The first-order valence-corrected chi connectivity index (χ1v) is 10.5. The molecule has 26 heavy (non-hydrogen) atoms. The Kier molecular flexibility index (Phi) is 3.56. The van der Waals surface area contributed by atoms with Gasteiger partial charge in [-0.1, -0.05) is 18.2 Å². The minimum Gasteiger partial charge on any atom is -0.386 e. The largest absolute Gasteiger partial charge is 0.386 e. The van der Waals surface area contributed by atoms with Crippen molar-refractivity contribution in [2.45, 2.75) is 56.7 Å². The Labute approximate surface area is 158 Å². The third-order valence-electron chi connectivity index (χ3n) is 6.70. The van der Waals surface area contributed by atoms with E-state index < -0.39 is 5.60 Å². The lowest BCUT2D eigenvalue weighted by Crippen LogP contribution is -2.65. The zero-order valence-electron chi connectivity index (χ0n) is 15.4. The van der Waals surface area contributed by atoms with Crippen LogP contribution in [-0.4, -0.2) is 40.6 Å². The minimum atomic E-state index is -0.911. The van der Waals surface area contributed by atoms with Crippen LogP contribution < -0.4 is 5.32 Å². The molecule has 4 aliphatic rings. The number of piperidine rings is 3. The highest BCUT2D eigenvalue weighted by molar-refractivity contribution is 7.21. The minimum absolute atomic E-state index is 0.0536. The first-order chi connectivity index (χ1) is 12.4. The van der Waals surface area contributed by atoms with Crippen molar-refractivity contribution in [1.82, 2.24) is 10.2 Å². The Morgan fingerprint density at radius 1 is 1.31 bits per heavy atom. The number of hydrogen-bond donors (Lipinski definition) is 2. The van der Waals surface area contributed by atoms with Gasteiger partial charge in [0.05, 0.1) is 16.5 Å². The van der Waals surface area contributed by atoms with Crippen molar-refractivity contribution < 1.29 is 9.90 Å². The van der Waals surface area contributed by atoms with Gasteiger partial charge in [-0.25, -0.2) is 0 Å². The number of benzene rings is 1. The molecule has 4 fully saturated rings. The number of rotatable bonds is 3. The van der Waals surface area contributed by atoms with Crippen LogP contribution in [0.2, 0.25) is 0 Å². The second-order valence-corrected chi connectivity index (χ2v) is 9.82. The predicted octanol–water partition coefficient (Wildman–Crippen LogP) is 3.49. The fraction of sp³-hybridized carbons (Fsp3) is 0.571. The van der Waals surface area contributed by atoms with Crippen LogP contribution >= 0.6 is 11.3 Å². The van der Waals surface area contributed by atoms with Gasteiger partial charge in [-0.2, -0.15) is 0 Å². The van der Waals surface area contributed by atoms with Crippen LogP contribution in [0.15, 0.2) is 24.3 Å². The van der Waals surface area contributed by atoms with E-state index in [-0.39, 0.29) is 11.4 Å². The molecule has 1 spiro atoms. The van der Waals surface area contributed by atoms with Crippen LogP contribution in [-0.2, 0) is 5.60 Å². The summed E-state index contributed by atoms with van der Waals surface area (Å²) in [4.78, 5) is 16.4. The van der Waals surface area contributed by atoms with Gasteiger partial charge in [0.15, 0.2) is 0 Å². The normalized spacial score (nSPS) is 29.3. The molecule has 0 radical (unpaired) electrons. The van der Waals surface area contributed by atoms with Crippen LogP contribution in [0, 0.1) is 5.92 Å². The topological polar surface area (TPSA) is 52.6 Å². The highest BCUT2D eigenvalue weighted by Crippen LogP contribution is 2.53. The number of aliphatic hydroxyl groups is 1. The van der Waals surface area contributed by atoms with Gasteiger partial charge in [-0.3, -0.25) is 9.69 Å². The van der Waals surface area contributed by atoms with Crippen LogP contribution in [0.25, 0.3) is 10.1 Å². The average Bonchev–Trinajstić information content (AvgIpc) is 3.26. The molecule has 1 aliphatic carbocycles. The van der Waals surface area contributed by atoms with E-state index in [1.165, 1.54) is 50.1 Å². The summed E-state index contributed by atoms with van der Waals surface area (Å²) in [7, 11) is 0. The van der Waals surface area contributed by atoms with Crippen molar-refractivity contribution in [2.24, 2.45) is 5.92 Å². The standard InChI is InChI=1S/C21H26N2O2S/c1-20(2,25)15-5-3-4-14-12-16(26-17(14)15)19(24)22-18-13-6-10-23(11-7-13)21(18)8-9-21/h3-5,12-13,18,25H,6-11H2,1-2H3,(H,22,24). The molecule has 1 aromatic carbocycles. The molecular weight excluding hydrogens is 344 g/mol. The highest BCUT2D eigenvalue weighted by atomic mass is 32.1. The highest BCUT2D eigenvalue weighted by Gasteiger charge is 2.60. The van der Waals surface area contributed by atoms with E-state index in [4.69, 9.17) is 0 Å². The van der Waals surface area contributed by atoms with E-state index in [1.54, 1.807) is 13.8 Å². The van der Waals surface area contributed by atoms with Gasteiger partial charge in [0.2, 0.25) is 0 Å². The van der Waals surface area contributed by atoms with Gasteiger partial charge in [-0.15, -0.1) is 11.3 Å². The smallest absolute Gasteiger partial charge is 0.261 e. The zero-order valence-corrected chi connectivity index (χ0v) is 16.2. The number of fused-ring (bicyclic) bond motifs is 3. The Morgan fingerprint density at radius 2 is 2.04 bits per heavy atom. The zero-order chi connectivity index (χ0) is 18.1. The van der Waals surface area contributed by atoms with Gasteiger partial charge < -0.3 is 10.4 Å². The molecule has 1 unspecified atom stereocenters. The Bertz CT molecular complexity index is 870. The lowest BCUT2D eigenvalue weighted by Gasteiger charge is -2.52. The summed E-state index contributed by atoms with van der Waals surface area (Å²) in [5.41, 5.74) is 0.234. The van der Waals surface area contributed by atoms with Crippen LogP contribution in [0.4, 0.5) is 0 Å². The third kappa shape index (κ3) is 2.44. The SMILES string of the molecule is CC(C)(O)c1cccc2cc(C(=O)NC3C4CCN(CC4)C34CC4)sc12. The summed E-state index contributed by atoms with van der Waals surface area (Å²) in [5, 5.41) is 14.9. The maximum absolute atomic E-state index is 13.1. The second kappa shape index (κ2) is 5.54. The Hall–Kier alpha value is -1.43. The van der Waals surface area contributed by atoms with E-state index in [2.05, 4.69) is 10.2 Å². The number of amides is 1. The molecule has 1 saturated carbocycles. The summed E-state index contributed by atoms with van der Waals surface area (Å²) in [6.45, 7) is 6.00. The van der Waals surface area contributed by atoms with E-state index in [1.807, 2.05) is 24.3 Å². The van der Waals surface area contributed by atoms with E-state index in [0.29, 0.717) is 12.0 Å². The molecule has 2 N–H and O–H groups in total. The van der Waals surface area contributed by atoms with E-state index in [0.717, 1.165) is 20.5 Å². The molecule has 3 aliphatic heterocycles. The Balaban J connectivity index is 1.44. The maximum Gasteiger partial charge on any atom is 0.261 e. The molecule has 1 amide bonds. The summed E-state index contributed by atoms with van der Waals surface area (Å²) < 4.78 is 1.01. The van der Waals surface area contributed by atoms with Gasteiger partial charge in [0.1, 0.15) is 0 Å². The molecule has 1 aromatic heterocycles. The van der Waals surface area contributed by atoms with Crippen molar-refractivity contribution in [1.29, 1.82) is 0 Å². The monoisotopic (exact) mass is 370 g/mol. The van der Waals surface area contributed by atoms with E-state index >= 15 is 0 Å². The van der Waals surface area contributed by atoms with Crippen molar-refractivity contribution in [3.05, 3.63) is 34.7 Å². The predicted molar refractivity (Wildman–Crippen MR) is 105 cm³/mol. The molecule has 1 atom stereocenters. The summed E-state index contributed by atoms with van der Waals surface area (Å²) in [6.07, 6.45) is 4.87. The van der Waals surface area contributed by atoms with Crippen LogP contribution in [0.5, 0.6) is 0 Å². The Morgan fingerprint density at radius 3 is 2.69 bits per heavy atom. The molecule has 6 rings (SSSR count). The fourth-order valence-electron chi connectivity index (χ4n) is 5.19. The lowest BCUT2D eigenvalue weighted by atomic mass is 9.77. The maximum atomic E-state index is 13.1. The van der Waals surface area contributed by atoms with Crippen LogP contribution in [0.1, 0.15) is 54.8 Å². The first kappa shape index (κ1) is 16.7. The molecule has 3 saturated heterocycles. The molecule has 4 nitrogen and oxygen atoms in total. The summed E-state index contributed by atoms with van der Waals surface area (Å²) >= 11 is 1.50. The summed E-state index contributed by atoms with van der Waals surface area (Å²) in [5.74, 6) is 0.686. The molecule has 2 aromatic rings. The van der Waals surface area contributed by atoms with E-state index in [9.17, 15) is 9.90 Å². The average molecular weight is 371 g/mol. The number of nitrogens with one attached hydrogen (secondary N) is 1. The van der Waals surface area contributed by atoms with Gasteiger partial charge in [0.25, 0.3) is 5.91 Å². The fourth-order valence-corrected chi connectivity index (χ4v) is 6.42. The molecule has 138 valence electrons. The third-order valence-corrected chi connectivity index (χ3v) is 7.88. The van der Waals surface area contributed by atoms with Crippen molar-refractivity contribution in [3.63, 3.8) is 0 Å². The van der Waals surface area contributed by atoms with Gasteiger partial charge in [0, 0.05) is 15.8 Å². The number of thiophene rings is 1. The quantitative estimate of drug-likeness (QED) is 0.870. The van der Waals surface area contributed by atoms with Crippen molar-refractivity contribution in [2.75, 3.05) is 13.1 Å². The van der Waals surface area contributed by atoms with Gasteiger partial charge in [-0.05, 0) is 70.0 Å². The number of carbonyl (C=O) groups is 1. The van der Waals surface area contributed by atoms with Crippen LogP contribution in [0.3, 0.4) is 0 Å². The van der Waals surface area contributed by atoms with Crippen molar-refractivity contribution in [3.8, 4) is 0 Å². The van der Waals surface area contributed by atoms with Crippen molar-refractivity contribution >= 4 is 27.3 Å². The molecular formula is C21H26N2O2S.